The van der Waals surface area contributed by atoms with Crippen LogP contribution in [-0.2, 0) is 17.6 Å². The minimum atomic E-state index is -0.466. The number of amides is 1. The van der Waals surface area contributed by atoms with E-state index >= 15 is 0 Å². The highest BCUT2D eigenvalue weighted by atomic mass is 16.6. The van der Waals surface area contributed by atoms with Crippen molar-refractivity contribution < 1.29 is 9.53 Å². The molecule has 2 rings (SSSR count). The third kappa shape index (κ3) is 3.22. The normalized spacial score (nSPS) is 15.2. The molecule has 0 aromatic carbocycles. The van der Waals surface area contributed by atoms with Gasteiger partial charge in [-0.2, -0.15) is 0 Å². The van der Waals surface area contributed by atoms with E-state index in [-0.39, 0.29) is 12.1 Å². The molecule has 0 N–H and O–H groups in total. The van der Waals surface area contributed by atoms with Crippen LogP contribution < -0.4 is 0 Å². The van der Waals surface area contributed by atoms with Crippen LogP contribution in [0.2, 0.25) is 0 Å². The summed E-state index contributed by atoms with van der Waals surface area (Å²) in [5, 5.41) is 0. The molecule has 1 aliphatic carbocycles. The van der Waals surface area contributed by atoms with Gasteiger partial charge in [-0.3, -0.25) is 9.97 Å². The maximum absolute atomic E-state index is 12.2. The van der Waals surface area contributed by atoms with Gasteiger partial charge in [0.15, 0.2) is 0 Å². The van der Waals surface area contributed by atoms with Crippen molar-refractivity contribution >= 4 is 6.09 Å². The van der Waals surface area contributed by atoms with Crippen LogP contribution in [0.15, 0.2) is 12.4 Å². The van der Waals surface area contributed by atoms with Crippen LogP contribution in [0.4, 0.5) is 4.79 Å². The van der Waals surface area contributed by atoms with Gasteiger partial charge in [0, 0.05) is 37.8 Å². The Morgan fingerprint density at radius 3 is 2.26 bits per heavy atom. The van der Waals surface area contributed by atoms with Crippen molar-refractivity contribution in [3.05, 3.63) is 23.8 Å². The molecule has 0 spiro atoms. The molecule has 0 radical (unpaired) electrons. The van der Waals surface area contributed by atoms with E-state index in [2.05, 4.69) is 9.97 Å². The fourth-order valence-electron chi connectivity index (χ4n) is 2.33. The van der Waals surface area contributed by atoms with Gasteiger partial charge in [-0.05, 0) is 27.7 Å². The van der Waals surface area contributed by atoms with Crippen LogP contribution in [0.3, 0.4) is 0 Å². The zero-order valence-corrected chi connectivity index (χ0v) is 12.0. The van der Waals surface area contributed by atoms with Crippen molar-refractivity contribution in [3.63, 3.8) is 0 Å². The summed E-state index contributed by atoms with van der Waals surface area (Å²) in [6.45, 7) is 8.24. The van der Waals surface area contributed by atoms with Crippen LogP contribution in [0.1, 0.15) is 39.1 Å². The number of aromatic nitrogens is 2. The van der Waals surface area contributed by atoms with E-state index in [1.54, 1.807) is 17.3 Å². The summed E-state index contributed by atoms with van der Waals surface area (Å²) in [6, 6.07) is 0.109. The first-order valence-corrected chi connectivity index (χ1v) is 6.69. The lowest BCUT2D eigenvalue weighted by Gasteiger charge is -2.30. The van der Waals surface area contributed by atoms with Gasteiger partial charge in [0.1, 0.15) is 5.60 Å². The summed E-state index contributed by atoms with van der Waals surface area (Å²) in [6.07, 6.45) is 4.66. The zero-order valence-electron chi connectivity index (χ0n) is 12.0. The van der Waals surface area contributed by atoms with Gasteiger partial charge in [-0.15, -0.1) is 0 Å². The third-order valence-electron chi connectivity index (χ3n) is 3.13. The average molecular weight is 263 g/mol. The predicted octanol–water partition coefficient (Wildman–Crippen LogP) is 2.20. The zero-order chi connectivity index (χ0) is 14.0. The molecule has 19 heavy (non-hydrogen) atoms. The van der Waals surface area contributed by atoms with E-state index < -0.39 is 5.60 Å². The summed E-state index contributed by atoms with van der Waals surface area (Å²) in [4.78, 5) is 22.6. The number of ether oxygens (including phenoxy) is 1. The van der Waals surface area contributed by atoms with Gasteiger partial charge in [-0.25, -0.2) is 4.79 Å². The lowest BCUT2D eigenvalue weighted by atomic mass is 10.2. The average Bonchev–Trinajstić information content (AvgIpc) is 2.70. The van der Waals surface area contributed by atoms with Gasteiger partial charge in [-0.1, -0.05) is 0 Å². The molecule has 0 saturated carbocycles. The van der Waals surface area contributed by atoms with E-state index in [1.165, 1.54) is 0 Å². The quantitative estimate of drug-likeness (QED) is 0.821. The first-order valence-electron chi connectivity index (χ1n) is 6.69. The smallest absolute Gasteiger partial charge is 0.410 e. The Kier molecular flexibility index (Phi) is 3.73. The highest BCUT2D eigenvalue weighted by Crippen LogP contribution is 2.23. The highest BCUT2D eigenvalue weighted by Gasteiger charge is 2.32. The molecular formula is C14H21N3O2. The number of rotatable bonds is 2. The van der Waals surface area contributed by atoms with Crippen molar-refractivity contribution in [1.29, 1.82) is 0 Å². The lowest BCUT2D eigenvalue weighted by Crippen LogP contribution is -2.43. The van der Waals surface area contributed by atoms with Crippen molar-refractivity contribution in [1.82, 2.24) is 14.9 Å². The molecule has 5 heteroatoms. The number of hydrogen-bond acceptors (Lipinski definition) is 4. The van der Waals surface area contributed by atoms with E-state index in [4.69, 9.17) is 4.74 Å². The molecule has 1 aromatic heterocycles. The molecule has 0 bridgehead atoms. The summed E-state index contributed by atoms with van der Waals surface area (Å²) in [5.74, 6) is 0. The Bertz CT molecular complexity index is 443. The summed E-state index contributed by atoms with van der Waals surface area (Å²) in [5.41, 5.74) is 1.52. The molecule has 0 aliphatic heterocycles. The van der Waals surface area contributed by atoms with Gasteiger partial charge < -0.3 is 9.64 Å². The number of carbonyl (C=O) groups excluding carboxylic acids is 1. The van der Waals surface area contributed by atoms with Crippen LogP contribution in [0.5, 0.6) is 0 Å². The molecule has 1 heterocycles. The molecule has 5 nitrogen and oxygen atoms in total. The number of likely N-dealkylation sites (N-methyl/N-ethyl adjacent to an activating group) is 1. The summed E-state index contributed by atoms with van der Waals surface area (Å²) < 4.78 is 5.45. The van der Waals surface area contributed by atoms with Crippen molar-refractivity contribution in [2.75, 3.05) is 6.54 Å². The maximum atomic E-state index is 12.2. The Hall–Kier alpha value is -1.65. The number of fused-ring (bicyclic) bond motifs is 1. The fraction of sp³-hybridized carbons (Fsp3) is 0.643. The SMILES string of the molecule is CCN(C(=O)OC(C)(C)C)C1Cc2nccnc2C1. The summed E-state index contributed by atoms with van der Waals surface area (Å²) in [7, 11) is 0. The Balaban J connectivity index is 2.07. The number of hydrogen-bond donors (Lipinski definition) is 0. The molecule has 0 fully saturated rings. The Morgan fingerprint density at radius 2 is 1.84 bits per heavy atom. The topological polar surface area (TPSA) is 55.3 Å². The standard InChI is InChI=1S/C14H21N3O2/c1-5-17(13(18)19-14(2,3)4)10-8-11-12(9-10)16-7-6-15-11/h6-7,10H,5,8-9H2,1-4H3. The molecule has 0 saturated heterocycles. The molecule has 1 amide bonds. The second-order valence-corrected chi connectivity index (χ2v) is 5.78. The predicted molar refractivity (Wildman–Crippen MR) is 71.8 cm³/mol. The first-order chi connectivity index (χ1) is 8.90. The van der Waals surface area contributed by atoms with Crippen LogP contribution in [-0.4, -0.2) is 39.1 Å². The van der Waals surface area contributed by atoms with E-state index in [0.29, 0.717) is 6.54 Å². The first kappa shape index (κ1) is 13.8. The molecular weight excluding hydrogens is 242 g/mol. The van der Waals surface area contributed by atoms with Gasteiger partial charge in [0.05, 0.1) is 11.4 Å². The van der Waals surface area contributed by atoms with Gasteiger partial charge in [0.2, 0.25) is 0 Å². The van der Waals surface area contributed by atoms with Crippen molar-refractivity contribution in [2.45, 2.75) is 52.2 Å². The van der Waals surface area contributed by atoms with E-state index in [0.717, 1.165) is 24.2 Å². The second-order valence-electron chi connectivity index (χ2n) is 5.78. The van der Waals surface area contributed by atoms with E-state index in [1.807, 2.05) is 27.7 Å². The molecule has 1 aliphatic rings. The largest absolute Gasteiger partial charge is 0.444 e. The Labute approximate surface area is 114 Å². The molecule has 1 aromatic rings. The van der Waals surface area contributed by atoms with Gasteiger partial charge >= 0.3 is 6.09 Å². The van der Waals surface area contributed by atoms with Gasteiger partial charge in [0.25, 0.3) is 0 Å². The number of nitrogens with zero attached hydrogens (tertiary/aromatic N) is 3. The monoisotopic (exact) mass is 263 g/mol. The van der Waals surface area contributed by atoms with Crippen LogP contribution in [0, 0.1) is 0 Å². The molecule has 0 unspecified atom stereocenters. The van der Waals surface area contributed by atoms with Crippen molar-refractivity contribution in [3.8, 4) is 0 Å². The van der Waals surface area contributed by atoms with Crippen LogP contribution in [0.25, 0.3) is 0 Å². The lowest BCUT2D eigenvalue weighted by molar-refractivity contribution is 0.0181. The van der Waals surface area contributed by atoms with Crippen molar-refractivity contribution in [2.24, 2.45) is 0 Å². The van der Waals surface area contributed by atoms with Crippen LogP contribution >= 0.6 is 0 Å². The maximum Gasteiger partial charge on any atom is 0.410 e. The van der Waals surface area contributed by atoms with E-state index in [9.17, 15) is 4.79 Å². The number of carbonyl (C=O) groups is 1. The second kappa shape index (κ2) is 5.15. The molecule has 0 atom stereocenters. The summed E-state index contributed by atoms with van der Waals surface area (Å²) >= 11 is 0. The third-order valence-corrected chi connectivity index (χ3v) is 3.13. The Morgan fingerprint density at radius 1 is 1.32 bits per heavy atom. The minimum Gasteiger partial charge on any atom is -0.444 e. The fourth-order valence-corrected chi connectivity index (χ4v) is 2.33. The minimum absolute atomic E-state index is 0.109. The highest BCUT2D eigenvalue weighted by molar-refractivity contribution is 5.68. The molecule has 104 valence electrons.